The predicted molar refractivity (Wildman–Crippen MR) is 116 cm³/mol. The zero-order chi connectivity index (χ0) is 18.9. The molecule has 3 aromatic rings. The lowest BCUT2D eigenvalue weighted by Crippen LogP contribution is -2.18. The van der Waals surface area contributed by atoms with Gasteiger partial charge in [-0.05, 0) is 40.7 Å². The molecule has 3 aromatic carbocycles. The summed E-state index contributed by atoms with van der Waals surface area (Å²) in [7, 11) is 0. The highest BCUT2D eigenvalue weighted by Crippen LogP contribution is 2.30. The lowest BCUT2D eigenvalue weighted by molar-refractivity contribution is 0.214. The first-order valence-corrected chi connectivity index (χ1v) is 10.1. The molecule has 0 unspecified atom stereocenters. The molecule has 27 heavy (non-hydrogen) atoms. The first-order chi connectivity index (χ1) is 13.3. The Bertz CT molecular complexity index is 850. The summed E-state index contributed by atoms with van der Waals surface area (Å²) >= 11 is 0. The average Bonchev–Trinajstić information content (AvgIpc) is 2.73. The van der Waals surface area contributed by atoms with E-state index >= 15 is 0 Å². The van der Waals surface area contributed by atoms with Gasteiger partial charge in [-0.15, -0.1) is 0 Å². The number of fused-ring (bicyclic) bond motifs is 1. The van der Waals surface area contributed by atoms with Crippen LogP contribution < -0.4 is 0 Å². The van der Waals surface area contributed by atoms with E-state index in [4.69, 9.17) is 0 Å². The van der Waals surface area contributed by atoms with Gasteiger partial charge in [0.2, 0.25) is 0 Å². The van der Waals surface area contributed by atoms with E-state index in [1.165, 1.54) is 34.7 Å². The molecule has 2 atom stereocenters. The highest BCUT2D eigenvalue weighted by atomic mass is 16.3. The van der Waals surface area contributed by atoms with Crippen molar-refractivity contribution in [3.63, 3.8) is 0 Å². The fraction of sp³-hybridized carbons (Fsp3) is 0.308. The van der Waals surface area contributed by atoms with Crippen molar-refractivity contribution in [2.24, 2.45) is 5.92 Å². The van der Waals surface area contributed by atoms with Gasteiger partial charge < -0.3 is 5.11 Å². The van der Waals surface area contributed by atoms with Crippen molar-refractivity contribution in [3.05, 3.63) is 96.1 Å². The molecule has 0 aliphatic heterocycles. The Morgan fingerprint density at radius 3 is 2.37 bits per heavy atom. The molecule has 0 saturated carbocycles. The van der Waals surface area contributed by atoms with Crippen LogP contribution in [0.15, 0.2) is 84.9 Å². The van der Waals surface area contributed by atoms with Crippen LogP contribution in [0.4, 0.5) is 0 Å². The van der Waals surface area contributed by atoms with Crippen molar-refractivity contribution in [3.8, 4) is 0 Å². The molecule has 0 fully saturated rings. The van der Waals surface area contributed by atoms with Crippen LogP contribution in [-0.4, -0.2) is 11.7 Å². The van der Waals surface area contributed by atoms with Crippen molar-refractivity contribution in [2.45, 2.75) is 38.5 Å². The number of aliphatic hydroxyl groups is 1. The highest BCUT2D eigenvalue weighted by Gasteiger charge is 2.20. The van der Waals surface area contributed by atoms with Gasteiger partial charge in [-0.2, -0.15) is 0 Å². The topological polar surface area (TPSA) is 20.2 Å². The maximum absolute atomic E-state index is 10.2. The summed E-state index contributed by atoms with van der Waals surface area (Å²) < 4.78 is 0. The maximum atomic E-state index is 10.2. The number of rotatable bonds is 9. The van der Waals surface area contributed by atoms with Crippen molar-refractivity contribution < 1.29 is 5.11 Å². The van der Waals surface area contributed by atoms with Crippen LogP contribution in [0.5, 0.6) is 0 Å². The van der Waals surface area contributed by atoms with E-state index in [2.05, 4.69) is 91.9 Å². The van der Waals surface area contributed by atoms with Gasteiger partial charge in [-0.3, -0.25) is 0 Å². The van der Waals surface area contributed by atoms with E-state index in [0.29, 0.717) is 0 Å². The second-order valence-electron chi connectivity index (χ2n) is 7.34. The molecule has 0 aliphatic rings. The van der Waals surface area contributed by atoms with E-state index in [9.17, 15) is 5.11 Å². The minimum absolute atomic E-state index is 0.173. The fourth-order valence-electron chi connectivity index (χ4n) is 3.75. The van der Waals surface area contributed by atoms with Crippen molar-refractivity contribution in [1.29, 1.82) is 0 Å². The van der Waals surface area contributed by atoms with Crippen LogP contribution in [0.1, 0.15) is 43.2 Å². The largest absolute Gasteiger partial charge is 0.396 e. The molecule has 1 nitrogen and oxygen atoms in total. The summed E-state index contributed by atoms with van der Waals surface area (Å²) in [4.78, 5) is 0. The Hall–Kier alpha value is -2.38. The van der Waals surface area contributed by atoms with Crippen LogP contribution in [0.25, 0.3) is 10.8 Å². The third-order valence-electron chi connectivity index (χ3n) is 5.31. The molecular weight excluding hydrogens is 328 g/mol. The maximum Gasteiger partial charge on any atom is 0.0471 e. The van der Waals surface area contributed by atoms with Crippen molar-refractivity contribution in [2.75, 3.05) is 6.61 Å². The molecule has 1 N–H and O–H groups in total. The quantitative estimate of drug-likeness (QED) is 0.341. The van der Waals surface area contributed by atoms with E-state index < -0.39 is 0 Å². The standard InChI is InChI=1S/C26H30O/c1-2-3-4-8-15-26(23-12-6-5-7-13-23)25(20-27)19-21-16-17-22-11-9-10-14-24(22)18-21/h5-18,25-27H,2-4,19-20H2,1H3/b15-8+/t25-,26+/m0/s1. The predicted octanol–water partition coefficient (Wildman–Crippen LogP) is 6.52. The van der Waals surface area contributed by atoms with Gasteiger partial charge >= 0.3 is 0 Å². The third kappa shape index (κ3) is 5.30. The molecule has 3 rings (SSSR count). The number of aliphatic hydroxyl groups excluding tert-OH is 1. The fourth-order valence-corrected chi connectivity index (χ4v) is 3.75. The summed E-state index contributed by atoms with van der Waals surface area (Å²) in [6, 6.07) is 25.7. The molecule has 1 heteroatoms. The van der Waals surface area contributed by atoms with Gasteiger partial charge in [0.1, 0.15) is 0 Å². The first kappa shape index (κ1) is 19.4. The Morgan fingerprint density at radius 1 is 0.889 bits per heavy atom. The molecule has 0 aromatic heterocycles. The van der Waals surface area contributed by atoms with Crippen LogP contribution in [-0.2, 0) is 6.42 Å². The van der Waals surface area contributed by atoms with E-state index in [1.54, 1.807) is 0 Å². The zero-order valence-corrected chi connectivity index (χ0v) is 16.2. The molecular formula is C26H30O. The Kier molecular flexibility index (Phi) is 7.24. The number of benzene rings is 3. The Balaban J connectivity index is 1.84. The number of hydrogen-bond donors (Lipinski definition) is 1. The molecule has 0 saturated heterocycles. The van der Waals surface area contributed by atoms with E-state index in [1.807, 2.05) is 0 Å². The van der Waals surface area contributed by atoms with E-state index in [0.717, 1.165) is 12.8 Å². The molecule has 0 spiro atoms. The van der Waals surface area contributed by atoms with Crippen LogP contribution >= 0.6 is 0 Å². The SMILES string of the molecule is CCCC/C=C/[C@H](c1ccccc1)[C@H](CO)Cc1ccc2ccccc2c1. The number of unbranched alkanes of at least 4 members (excludes halogenated alkanes) is 2. The summed E-state index contributed by atoms with van der Waals surface area (Å²) in [6.07, 6.45) is 9.01. The van der Waals surface area contributed by atoms with Gasteiger partial charge in [0.15, 0.2) is 0 Å². The number of allylic oxidation sites excluding steroid dienone is 2. The third-order valence-corrected chi connectivity index (χ3v) is 5.31. The first-order valence-electron chi connectivity index (χ1n) is 10.1. The van der Waals surface area contributed by atoms with E-state index in [-0.39, 0.29) is 18.4 Å². The molecule has 0 heterocycles. The highest BCUT2D eigenvalue weighted by molar-refractivity contribution is 5.83. The second kappa shape index (κ2) is 10.1. The van der Waals surface area contributed by atoms with Gasteiger partial charge in [0, 0.05) is 12.5 Å². The minimum Gasteiger partial charge on any atom is -0.396 e. The normalized spacial score (nSPS) is 13.9. The lowest BCUT2D eigenvalue weighted by Gasteiger charge is -2.24. The minimum atomic E-state index is 0.173. The molecule has 140 valence electrons. The second-order valence-corrected chi connectivity index (χ2v) is 7.34. The smallest absolute Gasteiger partial charge is 0.0471 e. The summed E-state index contributed by atoms with van der Waals surface area (Å²) in [5.74, 6) is 0.408. The molecule has 0 bridgehead atoms. The van der Waals surface area contributed by atoms with Crippen LogP contribution in [0, 0.1) is 5.92 Å². The van der Waals surface area contributed by atoms with Crippen LogP contribution in [0.3, 0.4) is 0 Å². The molecule has 0 amide bonds. The lowest BCUT2D eigenvalue weighted by atomic mass is 9.82. The van der Waals surface area contributed by atoms with Gasteiger partial charge in [-0.25, -0.2) is 0 Å². The summed E-state index contributed by atoms with van der Waals surface area (Å²) in [5.41, 5.74) is 2.57. The summed E-state index contributed by atoms with van der Waals surface area (Å²) in [5, 5.41) is 12.7. The Labute approximate surface area is 163 Å². The molecule has 0 aliphatic carbocycles. The van der Waals surface area contributed by atoms with Crippen molar-refractivity contribution in [1.82, 2.24) is 0 Å². The van der Waals surface area contributed by atoms with Gasteiger partial charge in [0.25, 0.3) is 0 Å². The monoisotopic (exact) mass is 358 g/mol. The summed E-state index contributed by atoms with van der Waals surface area (Å²) in [6.45, 7) is 2.41. The van der Waals surface area contributed by atoms with Gasteiger partial charge in [-0.1, -0.05) is 105 Å². The van der Waals surface area contributed by atoms with Gasteiger partial charge in [0.05, 0.1) is 0 Å². The zero-order valence-electron chi connectivity index (χ0n) is 16.2. The van der Waals surface area contributed by atoms with Crippen LogP contribution in [0.2, 0.25) is 0 Å². The molecule has 0 radical (unpaired) electrons. The average molecular weight is 359 g/mol. The number of hydrogen-bond acceptors (Lipinski definition) is 1. The van der Waals surface area contributed by atoms with Crippen molar-refractivity contribution >= 4 is 10.8 Å². The Morgan fingerprint density at radius 2 is 1.63 bits per heavy atom.